The van der Waals surface area contributed by atoms with Crippen LogP contribution < -0.4 is 4.90 Å². The van der Waals surface area contributed by atoms with E-state index in [1.54, 1.807) is 12.1 Å². The summed E-state index contributed by atoms with van der Waals surface area (Å²) in [6.45, 7) is -0.0522. The van der Waals surface area contributed by atoms with Crippen LogP contribution in [-0.4, -0.2) is 30.3 Å². The molecule has 23 heavy (non-hydrogen) atoms. The van der Waals surface area contributed by atoms with Gasteiger partial charge >= 0.3 is 5.97 Å². The van der Waals surface area contributed by atoms with Gasteiger partial charge in [0.05, 0.1) is 10.4 Å². The van der Waals surface area contributed by atoms with E-state index >= 15 is 0 Å². The first-order valence-electron chi connectivity index (χ1n) is 6.94. The summed E-state index contributed by atoms with van der Waals surface area (Å²) in [6, 6.07) is 11.0. The Hall–Kier alpha value is -2.67. The quantitative estimate of drug-likeness (QED) is 0.670. The number of nitrogens with zero attached hydrogens (tertiary/aromatic N) is 3. The van der Waals surface area contributed by atoms with Crippen LogP contribution in [-0.2, 0) is 11.3 Å². The van der Waals surface area contributed by atoms with E-state index in [1.165, 1.54) is 11.3 Å². The number of esters is 1. The molecule has 0 spiro atoms. The number of rotatable bonds is 5. The average molecular weight is 329 g/mol. The van der Waals surface area contributed by atoms with Crippen molar-refractivity contribution < 1.29 is 13.9 Å². The van der Waals surface area contributed by atoms with Gasteiger partial charge < -0.3 is 14.1 Å². The summed E-state index contributed by atoms with van der Waals surface area (Å²) in [5, 5.41) is 9.76. The lowest BCUT2D eigenvalue weighted by atomic mass is 10.2. The van der Waals surface area contributed by atoms with Gasteiger partial charge in [0.15, 0.2) is 6.61 Å². The van der Waals surface area contributed by atoms with Crippen LogP contribution in [0.15, 0.2) is 46.2 Å². The van der Waals surface area contributed by atoms with Gasteiger partial charge in [-0.25, -0.2) is 4.79 Å². The maximum Gasteiger partial charge on any atom is 0.338 e. The van der Waals surface area contributed by atoms with E-state index in [-0.39, 0.29) is 12.5 Å². The Balaban J connectivity index is 1.64. The molecule has 6 nitrogen and oxygen atoms in total. The summed E-state index contributed by atoms with van der Waals surface area (Å²) in [6.07, 6.45) is 0. The van der Waals surface area contributed by atoms with E-state index in [4.69, 9.17) is 9.15 Å². The van der Waals surface area contributed by atoms with E-state index in [1.807, 2.05) is 48.6 Å². The summed E-state index contributed by atoms with van der Waals surface area (Å²) in [7, 11) is 3.82. The fraction of sp³-hybridized carbons (Fsp3) is 0.188. The predicted molar refractivity (Wildman–Crippen MR) is 87.5 cm³/mol. The van der Waals surface area contributed by atoms with Crippen molar-refractivity contribution in [3.63, 3.8) is 0 Å². The van der Waals surface area contributed by atoms with Crippen molar-refractivity contribution in [1.29, 1.82) is 0 Å². The number of anilines is 1. The maximum absolute atomic E-state index is 12.1. The zero-order chi connectivity index (χ0) is 16.2. The normalized spacial score (nSPS) is 10.5. The Kier molecular flexibility index (Phi) is 4.38. The maximum atomic E-state index is 12.1. The van der Waals surface area contributed by atoms with Crippen LogP contribution in [0.5, 0.6) is 0 Å². The van der Waals surface area contributed by atoms with Crippen molar-refractivity contribution in [1.82, 2.24) is 10.2 Å². The Morgan fingerprint density at radius 3 is 2.87 bits per heavy atom. The minimum absolute atomic E-state index is 0.0522. The Morgan fingerprint density at radius 2 is 2.13 bits per heavy atom. The first-order valence-corrected chi connectivity index (χ1v) is 7.82. The van der Waals surface area contributed by atoms with E-state index in [0.29, 0.717) is 11.5 Å². The average Bonchev–Trinajstić information content (AvgIpc) is 3.23. The molecule has 0 fully saturated rings. The van der Waals surface area contributed by atoms with E-state index in [0.717, 1.165) is 10.6 Å². The van der Waals surface area contributed by atoms with Gasteiger partial charge in [0.2, 0.25) is 0 Å². The molecule has 0 N–H and O–H groups in total. The molecule has 0 aliphatic carbocycles. The highest BCUT2D eigenvalue weighted by Crippen LogP contribution is 2.23. The van der Waals surface area contributed by atoms with E-state index < -0.39 is 5.97 Å². The zero-order valence-corrected chi connectivity index (χ0v) is 13.5. The first-order chi connectivity index (χ1) is 11.1. The number of carbonyl (C=O) groups excluding carboxylic acids is 1. The van der Waals surface area contributed by atoms with E-state index in [2.05, 4.69) is 10.2 Å². The van der Waals surface area contributed by atoms with Crippen molar-refractivity contribution in [2.24, 2.45) is 0 Å². The van der Waals surface area contributed by atoms with Crippen LogP contribution in [0, 0.1) is 0 Å². The minimum atomic E-state index is -0.426. The summed E-state index contributed by atoms with van der Waals surface area (Å²) < 4.78 is 10.7. The smallest absolute Gasteiger partial charge is 0.338 e. The van der Waals surface area contributed by atoms with Crippen LogP contribution in [0.25, 0.3) is 10.8 Å². The van der Waals surface area contributed by atoms with Crippen LogP contribution in [0.2, 0.25) is 0 Å². The molecule has 2 heterocycles. The van der Waals surface area contributed by atoms with Gasteiger partial charge in [-0.1, -0.05) is 12.1 Å². The van der Waals surface area contributed by atoms with Gasteiger partial charge in [-0.2, -0.15) is 0 Å². The van der Waals surface area contributed by atoms with Crippen molar-refractivity contribution in [3.8, 4) is 10.8 Å². The number of aromatic nitrogens is 2. The van der Waals surface area contributed by atoms with Gasteiger partial charge in [-0.3, -0.25) is 0 Å². The van der Waals surface area contributed by atoms with Crippen molar-refractivity contribution >= 4 is 23.0 Å². The summed E-state index contributed by atoms with van der Waals surface area (Å²) >= 11 is 1.51. The number of hydrogen-bond donors (Lipinski definition) is 0. The molecule has 0 saturated heterocycles. The molecule has 1 aromatic carbocycles. The monoisotopic (exact) mass is 329 g/mol. The second-order valence-corrected chi connectivity index (χ2v) is 5.95. The summed E-state index contributed by atoms with van der Waals surface area (Å²) in [5.74, 6) is 0.274. The topological polar surface area (TPSA) is 68.5 Å². The van der Waals surface area contributed by atoms with Crippen molar-refractivity contribution in [2.45, 2.75) is 6.61 Å². The standard InChI is InChI=1S/C16H15N3O3S/c1-19(2)12-6-3-5-11(9-12)16(20)21-10-14-17-18-15(22-14)13-7-4-8-23-13/h3-9H,10H2,1-2H3. The lowest BCUT2D eigenvalue weighted by molar-refractivity contribution is 0.0439. The molecule has 118 valence electrons. The highest BCUT2D eigenvalue weighted by atomic mass is 32.1. The third-order valence-electron chi connectivity index (χ3n) is 3.12. The van der Waals surface area contributed by atoms with Gasteiger partial charge in [-0.15, -0.1) is 21.5 Å². The van der Waals surface area contributed by atoms with Gasteiger partial charge in [0.1, 0.15) is 0 Å². The summed E-state index contributed by atoms with van der Waals surface area (Å²) in [4.78, 5) is 14.9. The number of carbonyl (C=O) groups is 1. The molecular weight excluding hydrogens is 314 g/mol. The second kappa shape index (κ2) is 6.62. The molecule has 3 aromatic rings. The highest BCUT2D eigenvalue weighted by Gasteiger charge is 2.13. The number of benzene rings is 1. The minimum Gasteiger partial charge on any atom is -0.452 e. The largest absolute Gasteiger partial charge is 0.452 e. The van der Waals surface area contributed by atoms with E-state index in [9.17, 15) is 4.79 Å². The Labute approximate surface area is 137 Å². The molecule has 0 radical (unpaired) electrons. The molecule has 0 atom stereocenters. The highest BCUT2D eigenvalue weighted by molar-refractivity contribution is 7.13. The third kappa shape index (κ3) is 3.57. The van der Waals surface area contributed by atoms with Crippen LogP contribution in [0.3, 0.4) is 0 Å². The number of hydrogen-bond acceptors (Lipinski definition) is 7. The molecule has 0 aliphatic rings. The molecule has 0 aliphatic heterocycles. The predicted octanol–water partition coefficient (Wildman–Crippen LogP) is 3.22. The van der Waals surface area contributed by atoms with Crippen LogP contribution >= 0.6 is 11.3 Å². The molecule has 0 saturated carbocycles. The molecule has 7 heteroatoms. The number of ether oxygens (including phenoxy) is 1. The Morgan fingerprint density at radius 1 is 1.26 bits per heavy atom. The summed E-state index contributed by atoms with van der Waals surface area (Å²) in [5.41, 5.74) is 1.41. The Bertz CT molecular complexity index is 797. The van der Waals surface area contributed by atoms with Crippen molar-refractivity contribution in [3.05, 3.63) is 53.2 Å². The lowest BCUT2D eigenvalue weighted by Gasteiger charge is -2.12. The van der Waals surface area contributed by atoms with Crippen LogP contribution in [0.4, 0.5) is 5.69 Å². The second-order valence-electron chi connectivity index (χ2n) is 5.00. The lowest BCUT2D eigenvalue weighted by Crippen LogP contribution is -2.11. The SMILES string of the molecule is CN(C)c1cccc(C(=O)OCc2nnc(-c3cccs3)o2)c1. The molecule has 0 unspecified atom stereocenters. The third-order valence-corrected chi connectivity index (χ3v) is 3.98. The molecule has 3 rings (SSSR count). The fourth-order valence-electron chi connectivity index (χ4n) is 1.93. The zero-order valence-electron chi connectivity index (χ0n) is 12.7. The van der Waals surface area contributed by atoms with Gasteiger partial charge in [0.25, 0.3) is 11.8 Å². The molecule has 2 aromatic heterocycles. The van der Waals surface area contributed by atoms with Crippen molar-refractivity contribution in [2.75, 3.05) is 19.0 Å². The first kappa shape index (κ1) is 15.2. The molecular formula is C16H15N3O3S. The molecule has 0 amide bonds. The van der Waals surface area contributed by atoms with Gasteiger partial charge in [-0.05, 0) is 29.6 Å². The fourth-order valence-corrected chi connectivity index (χ4v) is 2.58. The molecule has 0 bridgehead atoms. The van der Waals surface area contributed by atoms with Crippen LogP contribution in [0.1, 0.15) is 16.2 Å². The van der Waals surface area contributed by atoms with Gasteiger partial charge in [0, 0.05) is 19.8 Å². The number of thiophene rings is 1.